The van der Waals surface area contributed by atoms with Crippen molar-refractivity contribution in [1.82, 2.24) is 5.32 Å². The molecule has 0 radical (unpaired) electrons. The maximum Gasteiger partial charge on any atom is 0.0949 e. The first-order chi connectivity index (χ1) is 8.63. The fraction of sp³-hybridized carbons (Fsp3) is 0.600. The first-order valence-electron chi connectivity index (χ1n) is 6.65. The van der Waals surface area contributed by atoms with Crippen molar-refractivity contribution in [3.8, 4) is 0 Å². The number of likely N-dealkylation sites (N-methyl/N-ethyl adjacent to an activating group) is 1. The summed E-state index contributed by atoms with van der Waals surface area (Å²) in [6.07, 6.45) is 2.44. The van der Waals surface area contributed by atoms with E-state index in [1.54, 1.807) is 0 Å². The highest BCUT2D eigenvalue weighted by molar-refractivity contribution is 6.30. The van der Waals surface area contributed by atoms with Gasteiger partial charge in [-0.1, -0.05) is 37.6 Å². The summed E-state index contributed by atoms with van der Waals surface area (Å²) in [5, 5.41) is 3.94. The molecule has 0 bridgehead atoms. The second kappa shape index (κ2) is 8.52. The second-order valence-electron chi connectivity index (χ2n) is 5.00. The Balaban J connectivity index is 2.46. The molecule has 0 aromatic heterocycles. The van der Waals surface area contributed by atoms with E-state index in [9.17, 15) is 0 Å². The average molecular weight is 270 g/mol. The summed E-state index contributed by atoms with van der Waals surface area (Å²) in [6, 6.07) is 7.90. The van der Waals surface area contributed by atoms with Crippen LogP contribution in [-0.2, 0) is 4.74 Å². The summed E-state index contributed by atoms with van der Waals surface area (Å²) >= 11 is 5.90. The molecular formula is C15H24ClNO. The Morgan fingerprint density at radius 3 is 2.44 bits per heavy atom. The normalized spacial score (nSPS) is 12.9. The van der Waals surface area contributed by atoms with E-state index >= 15 is 0 Å². The number of ether oxygens (including phenoxy) is 1. The highest BCUT2D eigenvalue weighted by Crippen LogP contribution is 2.20. The van der Waals surface area contributed by atoms with Crippen LogP contribution in [0.15, 0.2) is 24.3 Å². The van der Waals surface area contributed by atoms with Crippen LogP contribution in [0, 0.1) is 5.92 Å². The Morgan fingerprint density at radius 1 is 1.22 bits per heavy atom. The largest absolute Gasteiger partial charge is 0.372 e. The van der Waals surface area contributed by atoms with Crippen molar-refractivity contribution in [2.75, 3.05) is 20.2 Å². The number of hydrogen-bond donors (Lipinski definition) is 1. The minimum atomic E-state index is 0.111. The zero-order valence-corrected chi connectivity index (χ0v) is 12.3. The maximum atomic E-state index is 5.95. The SMILES string of the molecule is CNCC(OCCCC(C)C)c1ccc(Cl)cc1. The van der Waals surface area contributed by atoms with Crippen molar-refractivity contribution in [2.45, 2.75) is 32.8 Å². The summed E-state index contributed by atoms with van der Waals surface area (Å²) in [5.74, 6) is 0.742. The van der Waals surface area contributed by atoms with Crippen molar-refractivity contribution in [3.05, 3.63) is 34.9 Å². The molecule has 18 heavy (non-hydrogen) atoms. The summed E-state index contributed by atoms with van der Waals surface area (Å²) in [5.41, 5.74) is 1.18. The number of benzene rings is 1. The summed E-state index contributed by atoms with van der Waals surface area (Å²) in [6.45, 7) is 6.12. The first-order valence-corrected chi connectivity index (χ1v) is 7.03. The van der Waals surface area contributed by atoms with Gasteiger partial charge in [0.15, 0.2) is 0 Å². The lowest BCUT2D eigenvalue weighted by Crippen LogP contribution is -2.20. The number of hydrogen-bond acceptors (Lipinski definition) is 2. The van der Waals surface area contributed by atoms with Crippen LogP contribution >= 0.6 is 11.6 Å². The molecule has 0 aliphatic rings. The number of rotatable bonds is 8. The molecule has 2 nitrogen and oxygen atoms in total. The summed E-state index contributed by atoms with van der Waals surface area (Å²) in [4.78, 5) is 0. The summed E-state index contributed by atoms with van der Waals surface area (Å²) in [7, 11) is 1.94. The third-order valence-corrected chi connectivity index (χ3v) is 3.13. The van der Waals surface area contributed by atoms with Gasteiger partial charge in [-0.05, 0) is 43.5 Å². The van der Waals surface area contributed by atoms with E-state index in [1.165, 1.54) is 12.0 Å². The van der Waals surface area contributed by atoms with Gasteiger partial charge in [0.2, 0.25) is 0 Å². The van der Waals surface area contributed by atoms with E-state index in [2.05, 4.69) is 19.2 Å². The van der Waals surface area contributed by atoms with Gasteiger partial charge in [0.1, 0.15) is 0 Å². The third kappa shape index (κ3) is 5.85. The van der Waals surface area contributed by atoms with E-state index < -0.39 is 0 Å². The van der Waals surface area contributed by atoms with E-state index in [-0.39, 0.29) is 6.10 Å². The van der Waals surface area contributed by atoms with E-state index in [4.69, 9.17) is 16.3 Å². The van der Waals surface area contributed by atoms with Crippen LogP contribution in [0.5, 0.6) is 0 Å². The fourth-order valence-electron chi connectivity index (χ4n) is 1.85. The Bertz CT molecular complexity index is 324. The summed E-state index contributed by atoms with van der Waals surface area (Å²) < 4.78 is 5.95. The van der Waals surface area contributed by atoms with Crippen LogP contribution in [0.2, 0.25) is 5.02 Å². The van der Waals surface area contributed by atoms with Gasteiger partial charge in [-0.25, -0.2) is 0 Å². The third-order valence-electron chi connectivity index (χ3n) is 2.88. The molecule has 0 aliphatic heterocycles. The molecule has 1 rings (SSSR count). The lowest BCUT2D eigenvalue weighted by molar-refractivity contribution is 0.0500. The molecular weight excluding hydrogens is 246 g/mol. The second-order valence-corrected chi connectivity index (χ2v) is 5.44. The Morgan fingerprint density at radius 2 is 1.89 bits per heavy atom. The fourth-order valence-corrected chi connectivity index (χ4v) is 1.98. The smallest absolute Gasteiger partial charge is 0.0949 e. The molecule has 0 fully saturated rings. The van der Waals surface area contributed by atoms with Gasteiger partial charge >= 0.3 is 0 Å². The molecule has 0 amide bonds. The van der Waals surface area contributed by atoms with E-state index in [0.717, 1.165) is 30.5 Å². The van der Waals surface area contributed by atoms with Crippen molar-refractivity contribution in [2.24, 2.45) is 5.92 Å². The maximum absolute atomic E-state index is 5.95. The lowest BCUT2D eigenvalue weighted by atomic mass is 10.1. The van der Waals surface area contributed by atoms with Crippen LogP contribution in [0.25, 0.3) is 0 Å². The van der Waals surface area contributed by atoms with Gasteiger partial charge in [0.25, 0.3) is 0 Å². The average Bonchev–Trinajstić information content (AvgIpc) is 2.34. The van der Waals surface area contributed by atoms with Gasteiger partial charge in [-0.2, -0.15) is 0 Å². The molecule has 0 saturated carbocycles. The van der Waals surface area contributed by atoms with Crippen LogP contribution in [0.3, 0.4) is 0 Å². The predicted molar refractivity (Wildman–Crippen MR) is 78.1 cm³/mol. The zero-order chi connectivity index (χ0) is 13.4. The predicted octanol–water partition coefficient (Wildman–Crippen LogP) is 4.05. The van der Waals surface area contributed by atoms with Gasteiger partial charge in [0.05, 0.1) is 6.10 Å². The monoisotopic (exact) mass is 269 g/mol. The molecule has 1 unspecified atom stereocenters. The molecule has 102 valence electrons. The Hall–Kier alpha value is -0.570. The van der Waals surface area contributed by atoms with Crippen LogP contribution in [0.4, 0.5) is 0 Å². The molecule has 0 spiro atoms. The molecule has 0 saturated heterocycles. The minimum absolute atomic E-state index is 0.111. The molecule has 1 N–H and O–H groups in total. The molecule has 1 aromatic rings. The van der Waals surface area contributed by atoms with Gasteiger partial charge in [0, 0.05) is 18.2 Å². The highest BCUT2D eigenvalue weighted by atomic mass is 35.5. The highest BCUT2D eigenvalue weighted by Gasteiger charge is 2.10. The standard InChI is InChI=1S/C15H24ClNO/c1-12(2)5-4-10-18-15(11-17-3)13-6-8-14(16)9-7-13/h6-9,12,15,17H,4-5,10-11H2,1-3H3. The topological polar surface area (TPSA) is 21.3 Å². The van der Waals surface area contributed by atoms with Gasteiger partial charge in [-0.3, -0.25) is 0 Å². The molecule has 0 heterocycles. The van der Waals surface area contributed by atoms with Crippen LogP contribution in [0.1, 0.15) is 38.4 Å². The molecule has 1 aromatic carbocycles. The van der Waals surface area contributed by atoms with Crippen LogP contribution < -0.4 is 5.32 Å². The first kappa shape index (κ1) is 15.5. The molecule has 3 heteroatoms. The van der Waals surface area contributed by atoms with Gasteiger partial charge < -0.3 is 10.1 Å². The van der Waals surface area contributed by atoms with E-state index in [1.807, 2.05) is 31.3 Å². The number of halogens is 1. The van der Waals surface area contributed by atoms with Crippen LogP contribution in [-0.4, -0.2) is 20.2 Å². The molecule has 1 atom stereocenters. The zero-order valence-electron chi connectivity index (χ0n) is 11.6. The lowest BCUT2D eigenvalue weighted by Gasteiger charge is -2.18. The Labute approximate surface area is 116 Å². The van der Waals surface area contributed by atoms with Crippen molar-refractivity contribution < 1.29 is 4.74 Å². The van der Waals surface area contributed by atoms with Crippen molar-refractivity contribution in [1.29, 1.82) is 0 Å². The quantitative estimate of drug-likeness (QED) is 0.719. The van der Waals surface area contributed by atoms with Gasteiger partial charge in [-0.15, -0.1) is 0 Å². The molecule has 0 aliphatic carbocycles. The van der Waals surface area contributed by atoms with Crippen molar-refractivity contribution in [3.63, 3.8) is 0 Å². The van der Waals surface area contributed by atoms with Crippen molar-refractivity contribution >= 4 is 11.6 Å². The van der Waals surface area contributed by atoms with E-state index in [0.29, 0.717) is 0 Å². The number of nitrogens with one attached hydrogen (secondary N) is 1. The Kier molecular flexibility index (Phi) is 7.33. The minimum Gasteiger partial charge on any atom is -0.372 e.